The van der Waals surface area contributed by atoms with Gasteiger partial charge < -0.3 is 4.57 Å². The molecule has 0 amide bonds. The molecule has 1 heterocycles. The Kier molecular flexibility index (Phi) is 4.53. The van der Waals surface area contributed by atoms with E-state index in [1.165, 1.54) is 6.42 Å². The Morgan fingerprint density at radius 3 is 2.25 bits per heavy atom. The van der Waals surface area contributed by atoms with E-state index in [-0.39, 0.29) is 5.54 Å². The molecule has 0 radical (unpaired) electrons. The van der Waals surface area contributed by atoms with Crippen LogP contribution in [0.5, 0.6) is 0 Å². The maximum Gasteiger partial charge on any atom is 0.144 e. The lowest BCUT2D eigenvalue weighted by molar-refractivity contribution is 0.364. The molecule has 16 heavy (non-hydrogen) atoms. The molecule has 3 nitrogen and oxygen atoms in total. The van der Waals surface area contributed by atoms with E-state index in [0.29, 0.717) is 5.92 Å². The van der Waals surface area contributed by atoms with Crippen molar-refractivity contribution in [2.45, 2.75) is 58.3 Å². The van der Waals surface area contributed by atoms with Crippen LogP contribution in [0.1, 0.15) is 52.7 Å². The summed E-state index contributed by atoms with van der Waals surface area (Å²) >= 11 is 3.47. The van der Waals surface area contributed by atoms with E-state index in [0.717, 1.165) is 23.4 Å². The van der Waals surface area contributed by atoms with Crippen molar-refractivity contribution >= 4 is 15.9 Å². The molecule has 1 atom stereocenters. The Balaban J connectivity index is 3.05. The molecular weight excluding hydrogens is 266 g/mol. The van der Waals surface area contributed by atoms with Gasteiger partial charge in [0.1, 0.15) is 11.6 Å². The topological polar surface area (TPSA) is 30.7 Å². The smallest absolute Gasteiger partial charge is 0.144 e. The van der Waals surface area contributed by atoms with Gasteiger partial charge in [-0.3, -0.25) is 0 Å². The second kappa shape index (κ2) is 5.30. The van der Waals surface area contributed by atoms with Crippen molar-refractivity contribution in [2.75, 3.05) is 0 Å². The summed E-state index contributed by atoms with van der Waals surface area (Å²) in [4.78, 5) is 0. The SMILES string of the molecule is CCC(C)Cc1nnc(CBr)n1C(C)(C)C. The first-order valence-electron chi connectivity index (χ1n) is 5.89. The number of nitrogens with zero attached hydrogens (tertiary/aromatic N) is 3. The van der Waals surface area contributed by atoms with Gasteiger partial charge in [0.15, 0.2) is 0 Å². The highest BCUT2D eigenvalue weighted by atomic mass is 79.9. The van der Waals surface area contributed by atoms with Crippen molar-refractivity contribution in [1.29, 1.82) is 0 Å². The van der Waals surface area contributed by atoms with Crippen LogP contribution in [0.15, 0.2) is 0 Å². The van der Waals surface area contributed by atoms with Crippen LogP contribution in [0, 0.1) is 5.92 Å². The molecule has 0 aliphatic carbocycles. The van der Waals surface area contributed by atoms with Crippen LogP contribution in [0.3, 0.4) is 0 Å². The molecule has 0 saturated heterocycles. The molecule has 0 aliphatic rings. The lowest BCUT2D eigenvalue weighted by Gasteiger charge is -2.25. The fraction of sp³-hybridized carbons (Fsp3) is 0.833. The zero-order chi connectivity index (χ0) is 12.3. The Bertz CT molecular complexity index is 339. The number of rotatable bonds is 4. The van der Waals surface area contributed by atoms with Crippen LogP contribution in [-0.2, 0) is 17.3 Å². The predicted octanol–water partition coefficient (Wildman–Crippen LogP) is 3.52. The van der Waals surface area contributed by atoms with Crippen molar-refractivity contribution in [3.05, 3.63) is 11.6 Å². The summed E-state index contributed by atoms with van der Waals surface area (Å²) in [5.74, 6) is 2.79. The molecule has 1 rings (SSSR count). The van der Waals surface area contributed by atoms with Crippen molar-refractivity contribution in [2.24, 2.45) is 5.92 Å². The molecule has 0 bridgehead atoms. The molecule has 0 spiro atoms. The van der Waals surface area contributed by atoms with E-state index >= 15 is 0 Å². The highest BCUT2D eigenvalue weighted by molar-refractivity contribution is 9.08. The minimum Gasteiger partial charge on any atom is -0.309 e. The molecule has 0 aromatic carbocycles. The van der Waals surface area contributed by atoms with Gasteiger partial charge in [0, 0.05) is 12.0 Å². The van der Waals surface area contributed by atoms with Gasteiger partial charge in [0.2, 0.25) is 0 Å². The van der Waals surface area contributed by atoms with E-state index in [2.05, 4.69) is 65.3 Å². The van der Waals surface area contributed by atoms with Gasteiger partial charge in [-0.1, -0.05) is 36.2 Å². The molecule has 0 N–H and O–H groups in total. The lowest BCUT2D eigenvalue weighted by Crippen LogP contribution is -2.26. The van der Waals surface area contributed by atoms with Gasteiger partial charge in [0.25, 0.3) is 0 Å². The number of aromatic nitrogens is 3. The molecule has 0 fully saturated rings. The van der Waals surface area contributed by atoms with Gasteiger partial charge in [-0.15, -0.1) is 10.2 Å². The fourth-order valence-corrected chi connectivity index (χ4v) is 2.17. The zero-order valence-corrected chi connectivity index (χ0v) is 12.5. The van der Waals surface area contributed by atoms with Crippen LogP contribution in [0.2, 0.25) is 0 Å². The van der Waals surface area contributed by atoms with E-state index < -0.39 is 0 Å². The minimum atomic E-state index is 0.0510. The first-order chi connectivity index (χ1) is 7.40. The van der Waals surface area contributed by atoms with Crippen LogP contribution < -0.4 is 0 Å². The third-order valence-corrected chi connectivity index (χ3v) is 3.32. The Hall–Kier alpha value is -0.380. The predicted molar refractivity (Wildman–Crippen MR) is 70.8 cm³/mol. The number of halogens is 1. The molecule has 1 aromatic heterocycles. The number of hydrogen-bond donors (Lipinski definition) is 0. The van der Waals surface area contributed by atoms with Crippen LogP contribution >= 0.6 is 15.9 Å². The quantitative estimate of drug-likeness (QED) is 0.794. The van der Waals surface area contributed by atoms with Gasteiger partial charge in [-0.25, -0.2) is 0 Å². The van der Waals surface area contributed by atoms with Crippen molar-refractivity contribution in [1.82, 2.24) is 14.8 Å². The number of alkyl halides is 1. The molecular formula is C12H22BrN3. The zero-order valence-electron chi connectivity index (χ0n) is 10.9. The van der Waals surface area contributed by atoms with Gasteiger partial charge in [-0.05, 0) is 26.7 Å². The van der Waals surface area contributed by atoms with Gasteiger partial charge in [0.05, 0.1) is 5.33 Å². The largest absolute Gasteiger partial charge is 0.309 e. The summed E-state index contributed by atoms with van der Waals surface area (Å²) in [5, 5.41) is 9.34. The summed E-state index contributed by atoms with van der Waals surface area (Å²) in [5.41, 5.74) is 0.0510. The van der Waals surface area contributed by atoms with Gasteiger partial charge >= 0.3 is 0 Å². The molecule has 0 aliphatic heterocycles. The summed E-state index contributed by atoms with van der Waals surface area (Å²) in [6.45, 7) is 11.1. The molecule has 0 saturated carbocycles. The summed E-state index contributed by atoms with van der Waals surface area (Å²) in [6.07, 6.45) is 2.19. The Labute approximate surface area is 107 Å². The standard InChI is InChI=1S/C12H22BrN3/c1-6-9(2)7-10-14-15-11(8-13)16(10)12(3,4)5/h9H,6-8H2,1-5H3. The third-order valence-electron chi connectivity index (χ3n) is 2.82. The van der Waals surface area contributed by atoms with E-state index in [1.807, 2.05) is 0 Å². The average Bonchev–Trinajstić information content (AvgIpc) is 2.60. The summed E-state index contributed by atoms with van der Waals surface area (Å²) in [6, 6.07) is 0. The maximum atomic E-state index is 4.32. The highest BCUT2D eigenvalue weighted by Gasteiger charge is 2.22. The Morgan fingerprint density at radius 2 is 1.81 bits per heavy atom. The average molecular weight is 288 g/mol. The lowest BCUT2D eigenvalue weighted by atomic mass is 10.0. The monoisotopic (exact) mass is 287 g/mol. The third kappa shape index (κ3) is 3.06. The van der Waals surface area contributed by atoms with E-state index in [1.54, 1.807) is 0 Å². The fourth-order valence-electron chi connectivity index (χ4n) is 1.80. The second-order valence-corrected chi connectivity index (χ2v) is 5.95. The first-order valence-corrected chi connectivity index (χ1v) is 7.01. The van der Waals surface area contributed by atoms with Crippen molar-refractivity contribution in [3.8, 4) is 0 Å². The maximum absolute atomic E-state index is 4.32. The second-order valence-electron chi connectivity index (χ2n) is 5.39. The van der Waals surface area contributed by atoms with E-state index in [9.17, 15) is 0 Å². The molecule has 1 aromatic rings. The summed E-state index contributed by atoms with van der Waals surface area (Å²) < 4.78 is 2.26. The van der Waals surface area contributed by atoms with Crippen LogP contribution in [0.4, 0.5) is 0 Å². The minimum absolute atomic E-state index is 0.0510. The number of hydrogen-bond acceptors (Lipinski definition) is 2. The van der Waals surface area contributed by atoms with Crippen molar-refractivity contribution < 1.29 is 0 Å². The van der Waals surface area contributed by atoms with E-state index in [4.69, 9.17) is 0 Å². The molecule has 4 heteroatoms. The van der Waals surface area contributed by atoms with Crippen LogP contribution in [0.25, 0.3) is 0 Å². The normalized spacial score (nSPS) is 14.1. The first kappa shape index (κ1) is 13.7. The van der Waals surface area contributed by atoms with Crippen LogP contribution in [-0.4, -0.2) is 14.8 Å². The van der Waals surface area contributed by atoms with Gasteiger partial charge in [-0.2, -0.15) is 0 Å². The summed E-state index contributed by atoms with van der Waals surface area (Å²) in [7, 11) is 0. The molecule has 1 unspecified atom stereocenters. The highest BCUT2D eigenvalue weighted by Crippen LogP contribution is 2.22. The van der Waals surface area contributed by atoms with Crippen molar-refractivity contribution in [3.63, 3.8) is 0 Å². The Morgan fingerprint density at radius 1 is 1.25 bits per heavy atom. The molecule has 92 valence electrons.